The Kier molecular flexibility index (Phi) is 4.34. The average molecular weight is 308 g/mol. The first kappa shape index (κ1) is 14.6. The Labute approximate surface area is 127 Å². The Bertz CT molecular complexity index is 608. The third kappa shape index (κ3) is 3.16. The van der Waals surface area contributed by atoms with Crippen molar-refractivity contribution < 1.29 is 10.2 Å². The van der Waals surface area contributed by atoms with E-state index in [1.165, 1.54) is 0 Å². The summed E-state index contributed by atoms with van der Waals surface area (Å²) in [6.07, 6.45) is -0.309. The van der Waals surface area contributed by atoms with Gasteiger partial charge in [-0.2, -0.15) is 0 Å². The van der Waals surface area contributed by atoms with Gasteiger partial charge in [0, 0.05) is 19.6 Å². The number of nitrogens with one attached hydrogen (secondary N) is 1. The molecule has 0 radical (unpaired) electrons. The summed E-state index contributed by atoms with van der Waals surface area (Å²) >= 11 is 1.60. The van der Waals surface area contributed by atoms with Gasteiger partial charge in [0.2, 0.25) is 0 Å². The maximum absolute atomic E-state index is 9.61. The van der Waals surface area contributed by atoms with Gasteiger partial charge in [-0.25, -0.2) is 9.97 Å². The lowest BCUT2D eigenvalue weighted by molar-refractivity contribution is 0.0572. The smallest absolute Gasteiger partial charge is 0.146 e. The molecule has 3 heterocycles. The number of fused-ring (bicyclic) bond motifs is 1. The van der Waals surface area contributed by atoms with Gasteiger partial charge in [-0.15, -0.1) is 11.3 Å². The van der Waals surface area contributed by atoms with Crippen molar-refractivity contribution in [1.82, 2.24) is 14.9 Å². The number of rotatable bonds is 5. The zero-order chi connectivity index (χ0) is 14.8. The molecule has 2 aromatic heterocycles. The topological polar surface area (TPSA) is 81.5 Å². The van der Waals surface area contributed by atoms with Gasteiger partial charge in [0.15, 0.2) is 0 Å². The minimum Gasteiger partial charge on any atom is -0.389 e. The van der Waals surface area contributed by atoms with Crippen molar-refractivity contribution >= 4 is 27.4 Å². The summed E-state index contributed by atoms with van der Waals surface area (Å²) in [6.45, 7) is 4.47. The molecule has 0 saturated carbocycles. The summed E-state index contributed by atoms with van der Waals surface area (Å²) < 4.78 is 0. The highest BCUT2D eigenvalue weighted by molar-refractivity contribution is 7.16. The number of β-amino-alcohol motifs (C(OH)–C–C–N with tert-alkyl or cyclic N) is 2. The van der Waals surface area contributed by atoms with Gasteiger partial charge >= 0.3 is 0 Å². The van der Waals surface area contributed by atoms with E-state index in [1.54, 1.807) is 11.3 Å². The van der Waals surface area contributed by atoms with Crippen LogP contribution in [0.5, 0.6) is 0 Å². The number of aromatic nitrogens is 2. The number of aliphatic hydroxyl groups excluding tert-OH is 2. The number of aliphatic hydroxyl groups is 2. The third-order valence-electron chi connectivity index (χ3n) is 3.61. The molecule has 114 valence electrons. The first-order valence-electron chi connectivity index (χ1n) is 7.24. The van der Waals surface area contributed by atoms with Crippen LogP contribution in [-0.4, -0.2) is 56.9 Å². The van der Waals surface area contributed by atoms with Gasteiger partial charge in [-0.05, 0) is 17.9 Å². The predicted molar refractivity (Wildman–Crippen MR) is 83.5 cm³/mol. The molecule has 2 atom stereocenters. The standard InChI is InChI=1S/C14H20N4O2S/c1-2-4-15-13-9-3-5-21-14(9)17-12(16-13)8-18-6-10(19)11(20)7-18/h3,5,10-11,19-20H,2,4,6-8H2,1H3,(H,15,16,17). The minimum absolute atomic E-state index is 0.463. The van der Waals surface area contributed by atoms with Gasteiger partial charge in [0.25, 0.3) is 0 Å². The molecule has 1 aliphatic rings. The van der Waals surface area contributed by atoms with Crippen molar-refractivity contribution in [3.05, 3.63) is 17.3 Å². The molecule has 0 spiro atoms. The van der Waals surface area contributed by atoms with Crippen molar-refractivity contribution in [2.75, 3.05) is 25.0 Å². The normalized spacial score (nSPS) is 23.0. The van der Waals surface area contributed by atoms with Crippen molar-refractivity contribution in [2.45, 2.75) is 32.1 Å². The lowest BCUT2D eigenvalue weighted by Gasteiger charge is -2.14. The number of hydrogen-bond acceptors (Lipinski definition) is 7. The molecule has 7 heteroatoms. The summed E-state index contributed by atoms with van der Waals surface area (Å²) in [6, 6.07) is 2.03. The summed E-state index contributed by atoms with van der Waals surface area (Å²) in [4.78, 5) is 12.1. The van der Waals surface area contributed by atoms with Crippen LogP contribution in [0.2, 0.25) is 0 Å². The van der Waals surface area contributed by atoms with Crippen LogP contribution in [0.25, 0.3) is 10.2 Å². The molecule has 1 fully saturated rings. The third-order valence-corrected chi connectivity index (χ3v) is 4.42. The quantitative estimate of drug-likeness (QED) is 0.766. The molecule has 0 bridgehead atoms. The Morgan fingerprint density at radius 3 is 2.81 bits per heavy atom. The SMILES string of the molecule is CCCNc1nc(CN2CC(O)C(O)C2)nc2sccc12. The highest BCUT2D eigenvalue weighted by Crippen LogP contribution is 2.25. The van der Waals surface area contributed by atoms with E-state index in [2.05, 4.69) is 22.2 Å². The highest BCUT2D eigenvalue weighted by atomic mass is 32.1. The number of thiophene rings is 1. The average Bonchev–Trinajstić information content (AvgIpc) is 3.03. The number of hydrogen-bond donors (Lipinski definition) is 3. The van der Waals surface area contributed by atoms with Crippen molar-refractivity contribution in [1.29, 1.82) is 0 Å². The molecular formula is C14H20N4O2S. The van der Waals surface area contributed by atoms with E-state index >= 15 is 0 Å². The van der Waals surface area contributed by atoms with Crippen LogP contribution in [0.3, 0.4) is 0 Å². The van der Waals surface area contributed by atoms with Crippen molar-refractivity contribution in [2.24, 2.45) is 0 Å². The monoisotopic (exact) mass is 308 g/mol. The molecule has 1 saturated heterocycles. The van der Waals surface area contributed by atoms with Crippen LogP contribution in [0.15, 0.2) is 11.4 Å². The summed E-state index contributed by atoms with van der Waals surface area (Å²) in [5, 5.41) is 25.6. The molecule has 3 N–H and O–H groups in total. The van der Waals surface area contributed by atoms with Gasteiger partial charge in [-0.3, -0.25) is 4.90 Å². The fourth-order valence-corrected chi connectivity index (χ4v) is 3.31. The van der Waals surface area contributed by atoms with E-state index in [0.29, 0.717) is 19.6 Å². The maximum atomic E-state index is 9.61. The largest absolute Gasteiger partial charge is 0.389 e. The lowest BCUT2D eigenvalue weighted by atomic mass is 10.3. The van der Waals surface area contributed by atoms with E-state index < -0.39 is 12.2 Å². The van der Waals surface area contributed by atoms with Crippen LogP contribution >= 0.6 is 11.3 Å². The molecule has 6 nitrogen and oxygen atoms in total. The van der Waals surface area contributed by atoms with Gasteiger partial charge in [0.05, 0.1) is 24.1 Å². The number of likely N-dealkylation sites (tertiary alicyclic amines) is 1. The van der Waals surface area contributed by atoms with Crippen LogP contribution in [0.4, 0.5) is 5.82 Å². The first-order valence-corrected chi connectivity index (χ1v) is 8.12. The Morgan fingerprint density at radius 1 is 1.33 bits per heavy atom. The second-order valence-electron chi connectivity index (χ2n) is 5.38. The Hall–Kier alpha value is -1.28. The van der Waals surface area contributed by atoms with Crippen LogP contribution < -0.4 is 5.32 Å². The molecule has 0 aliphatic carbocycles. The molecule has 3 rings (SSSR count). The van der Waals surface area contributed by atoms with Crippen LogP contribution in [0.1, 0.15) is 19.2 Å². The lowest BCUT2D eigenvalue weighted by Crippen LogP contribution is -2.23. The van der Waals surface area contributed by atoms with Gasteiger partial charge in [-0.1, -0.05) is 6.92 Å². The van der Waals surface area contributed by atoms with Gasteiger partial charge < -0.3 is 15.5 Å². The zero-order valence-electron chi connectivity index (χ0n) is 12.0. The molecule has 0 amide bonds. The van der Waals surface area contributed by atoms with E-state index in [9.17, 15) is 10.2 Å². The minimum atomic E-state index is -0.673. The molecule has 2 unspecified atom stereocenters. The Morgan fingerprint density at radius 2 is 2.10 bits per heavy atom. The highest BCUT2D eigenvalue weighted by Gasteiger charge is 2.30. The molecular weight excluding hydrogens is 288 g/mol. The molecule has 0 aromatic carbocycles. The van der Waals surface area contributed by atoms with E-state index in [1.807, 2.05) is 16.3 Å². The summed E-state index contributed by atoms with van der Waals surface area (Å²) in [7, 11) is 0. The van der Waals surface area contributed by atoms with Crippen molar-refractivity contribution in [3.8, 4) is 0 Å². The van der Waals surface area contributed by atoms with Crippen LogP contribution in [-0.2, 0) is 6.54 Å². The second-order valence-corrected chi connectivity index (χ2v) is 6.28. The van der Waals surface area contributed by atoms with Gasteiger partial charge in [0.1, 0.15) is 16.5 Å². The molecule has 21 heavy (non-hydrogen) atoms. The summed E-state index contributed by atoms with van der Waals surface area (Å²) in [5.41, 5.74) is 0. The molecule has 1 aliphatic heterocycles. The predicted octanol–water partition coefficient (Wildman–Crippen LogP) is 1.05. The number of nitrogens with zero attached hydrogens (tertiary/aromatic N) is 3. The fourth-order valence-electron chi connectivity index (χ4n) is 2.52. The Balaban J connectivity index is 1.81. The van der Waals surface area contributed by atoms with E-state index in [4.69, 9.17) is 0 Å². The fraction of sp³-hybridized carbons (Fsp3) is 0.571. The summed E-state index contributed by atoms with van der Waals surface area (Å²) in [5.74, 6) is 1.60. The first-order chi connectivity index (χ1) is 10.2. The van der Waals surface area contributed by atoms with Crippen molar-refractivity contribution in [3.63, 3.8) is 0 Å². The zero-order valence-corrected chi connectivity index (χ0v) is 12.8. The second kappa shape index (κ2) is 6.23. The van der Waals surface area contributed by atoms with Crippen LogP contribution in [0, 0.1) is 0 Å². The number of anilines is 1. The molecule has 2 aromatic rings. The maximum Gasteiger partial charge on any atom is 0.146 e. The van der Waals surface area contributed by atoms with E-state index in [-0.39, 0.29) is 0 Å². The van der Waals surface area contributed by atoms with E-state index in [0.717, 1.165) is 34.8 Å².